The molecule has 5 aromatic rings. The molecule has 1 fully saturated rings. The van der Waals surface area contributed by atoms with Crippen molar-refractivity contribution in [3.8, 4) is 5.75 Å². The number of aliphatic imine (C=N–C) groups is 14. The molecule has 17 atom stereocenters. The number of hydrogen-bond acceptors (Lipinski definition) is 27. The van der Waals surface area contributed by atoms with E-state index in [1.807, 2.05) is 18.2 Å². The molecule has 0 bridgehead atoms. The van der Waals surface area contributed by atoms with Gasteiger partial charge in [0.15, 0.2) is 47.6 Å². The van der Waals surface area contributed by atoms with E-state index in [9.17, 15) is 137 Å². The Hall–Kier alpha value is -16.7. The summed E-state index contributed by atoms with van der Waals surface area (Å²) < 4.78 is 0. The zero-order chi connectivity index (χ0) is 112. The third kappa shape index (κ3) is 41.0. The summed E-state index contributed by atoms with van der Waals surface area (Å²) >= 11 is 0. The highest BCUT2D eigenvalue weighted by Crippen LogP contribution is 2.29. The minimum Gasteiger partial charge on any atom is -0.508 e. The van der Waals surface area contributed by atoms with Gasteiger partial charge in [0, 0.05) is 92.4 Å². The smallest absolute Gasteiger partial charge is 0.329 e. The second-order valence-electron chi connectivity index (χ2n) is 36.3. The Morgan fingerprint density at radius 1 is 0.400 bits per heavy atom. The van der Waals surface area contributed by atoms with E-state index in [1.54, 1.807) is 64.2 Å². The van der Waals surface area contributed by atoms with Gasteiger partial charge in [0.2, 0.25) is 82.6 Å². The van der Waals surface area contributed by atoms with Crippen LogP contribution in [0.5, 0.6) is 5.75 Å². The molecule has 0 unspecified atom stereocenters. The van der Waals surface area contributed by atoms with Crippen molar-refractivity contribution in [1.29, 1.82) is 27.0 Å². The second kappa shape index (κ2) is 59.8. The topological polar surface area (TPSA) is 980 Å². The van der Waals surface area contributed by atoms with Crippen LogP contribution in [-0.2, 0) is 43.2 Å². The summed E-state index contributed by atoms with van der Waals surface area (Å²) in [6, 6.07) is -8.14. The van der Waals surface area contributed by atoms with E-state index < -0.39 is 321 Å². The number of benzene rings is 3. The van der Waals surface area contributed by atoms with E-state index in [-0.39, 0.29) is 95.5 Å². The lowest BCUT2D eigenvalue weighted by atomic mass is 10.0. The third-order valence-electron chi connectivity index (χ3n) is 23.1. The Morgan fingerprint density at radius 2 is 0.780 bits per heavy atom. The van der Waals surface area contributed by atoms with Gasteiger partial charge in [-0.3, -0.25) is 46.2 Å². The van der Waals surface area contributed by atoms with Gasteiger partial charge in [-0.25, -0.2) is 74.7 Å². The Morgan fingerprint density at radius 3 is 1.21 bits per heavy atom. The van der Waals surface area contributed by atoms with Crippen molar-refractivity contribution < 1.29 is 141 Å². The minimum atomic E-state index is -2.12. The number of hydrogen-bond donors (Lipinski definition) is 35. The predicted molar refractivity (Wildman–Crippen MR) is 565 cm³/mol. The van der Waals surface area contributed by atoms with Crippen molar-refractivity contribution in [3.05, 3.63) is 102 Å². The number of rotatable bonds is 65. The third-order valence-corrected chi connectivity index (χ3v) is 23.1. The van der Waals surface area contributed by atoms with E-state index >= 15 is 4.79 Å². The highest BCUT2D eigenvalue weighted by Gasteiger charge is 2.40. The van der Waals surface area contributed by atoms with Crippen molar-refractivity contribution in [1.82, 2.24) is 25.5 Å². The van der Waals surface area contributed by atoms with Crippen LogP contribution in [0.15, 0.2) is 155 Å². The number of aromatic hydroxyl groups is 1. The van der Waals surface area contributed by atoms with Crippen molar-refractivity contribution in [2.75, 3.05) is 19.6 Å². The molecule has 55 nitrogen and oxygen atoms in total. The number of nitrogens with one attached hydrogen (secondary N) is 9. The number of fused-ring (bicyclic) bond motifs is 2. The van der Waals surface area contributed by atoms with Crippen LogP contribution < -0.4 is 27.8 Å². The normalized spacial score (nSPS) is 17.8. The minimum absolute atomic E-state index is 0.00348. The van der Waals surface area contributed by atoms with Crippen molar-refractivity contribution in [3.63, 3.8) is 0 Å². The maximum atomic E-state index is 15.5. The van der Waals surface area contributed by atoms with Crippen LogP contribution in [0.25, 0.3) is 21.8 Å². The fraction of sp³-hybridized carbons (Fsp3) is 0.516. The first-order valence-electron chi connectivity index (χ1n) is 47.9. The number of aromatic amines is 2. The molecule has 0 radical (unpaired) electrons. The van der Waals surface area contributed by atoms with Crippen LogP contribution in [0.4, 0.5) is 0 Å². The van der Waals surface area contributed by atoms with Crippen molar-refractivity contribution in [2.45, 2.75) is 279 Å². The van der Waals surface area contributed by atoms with Gasteiger partial charge in [0.1, 0.15) is 84.3 Å². The first-order valence-corrected chi connectivity index (χ1v) is 47.9. The number of aliphatic hydroxyl groups excluding tert-OH is 18. The van der Waals surface area contributed by atoms with Gasteiger partial charge < -0.3 is 160 Å². The zero-order valence-electron chi connectivity index (χ0n) is 83.3. The average Bonchev–Trinajstić information content (AvgIpc) is 1.64. The summed E-state index contributed by atoms with van der Waals surface area (Å²) in [7, 11) is 0. The molecule has 2 aromatic heterocycles. The number of aliphatic carboxylic acids is 4. The molecule has 0 aliphatic carbocycles. The summed E-state index contributed by atoms with van der Waals surface area (Å²) in [6.07, 6.45) is -7.30. The highest BCUT2D eigenvalue weighted by atomic mass is 16.4. The fourth-order valence-corrected chi connectivity index (χ4v) is 15.5. The molecule has 150 heavy (non-hydrogen) atoms. The molecule has 1 amide bonds. The van der Waals surface area contributed by atoms with E-state index in [4.69, 9.17) is 44.2 Å². The largest absolute Gasteiger partial charge is 0.508 e. The number of H-pyrrole nitrogens is 2. The SMILES string of the molecule is CC(C)C[C@H](N=C(O)[C@H](CCCNC(=N)N)N=C(O)[C@H](CCC(=N)O)N=C(O)[C@H](C)N=C(O)[C@H](CCC(=O)O)N=C(O)[C@@H](N=C(O)[C@H](Cc1c[nH]c2ccccc12)N=C(O)[C@H](CCC(=O)O)N=C(O)[C@@H]1CCCN1C(=O)[C@H](Cc1ccc(O)cc1)N=C(O)[C@H](CC(C)C)N=C(O)[C@H](CCC(=N)O)N=C(O)[C@H](CCCNC(=N)N)N=C(O)[C@H](CC(=N)O)N=C(O)[C@@H](N)Cc1c[nH]c2ccccc12)[C@@H](C)O)C(O)=N[C@@H](CC(=O)O)C(=O)O. The number of para-hydroxylation sites is 2. The van der Waals surface area contributed by atoms with Gasteiger partial charge in [-0.05, 0) is 150 Å². The quantitative estimate of drug-likeness (QED) is 0.00992. The number of phenolic OH excluding ortho intramolecular Hbond substituents is 1. The van der Waals surface area contributed by atoms with E-state index in [2.05, 4.69) is 90.5 Å². The van der Waals surface area contributed by atoms with Crippen LogP contribution >= 0.6 is 0 Å². The molecule has 38 N–H and O–H groups in total. The Balaban J connectivity index is 1.42. The Bertz CT molecular complexity index is 5920. The molecule has 0 spiro atoms. The van der Waals surface area contributed by atoms with Gasteiger partial charge in [-0.1, -0.05) is 76.2 Å². The number of aliphatic hydroxyl groups is 18. The zero-order valence-corrected chi connectivity index (χ0v) is 83.3. The first-order chi connectivity index (χ1) is 70.7. The van der Waals surface area contributed by atoms with Gasteiger partial charge in [-0.15, -0.1) is 0 Å². The molecular weight excluding hydrogens is 1970 g/mol. The lowest BCUT2D eigenvalue weighted by molar-refractivity contribution is -0.144. The molecule has 0 saturated carbocycles. The number of carbonyl (C=O) groups is 5. The number of carboxylic acids is 4. The molecule has 3 aromatic carbocycles. The van der Waals surface area contributed by atoms with E-state index in [0.717, 1.165) is 29.7 Å². The maximum Gasteiger partial charge on any atom is 0.329 e. The molecule has 55 heteroatoms. The van der Waals surface area contributed by atoms with Crippen LogP contribution in [-0.4, -0.2) is 397 Å². The van der Waals surface area contributed by atoms with Crippen molar-refractivity contribution >= 4 is 164 Å². The van der Waals surface area contributed by atoms with E-state index in [0.29, 0.717) is 27.6 Å². The summed E-state index contributed by atoms with van der Waals surface area (Å²) in [4.78, 5) is 129. The average molecular weight is 2110 g/mol. The fourth-order valence-electron chi connectivity index (χ4n) is 15.5. The number of guanidine groups is 2. The van der Waals surface area contributed by atoms with Gasteiger partial charge in [0.05, 0.1) is 25.0 Å². The van der Waals surface area contributed by atoms with Gasteiger partial charge in [-0.2, -0.15) is 0 Å². The number of aromatic nitrogens is 2. The number of carbonyl (C=O) groups excluding carboxylic acids is 1. The molecule has 1 aliphatic heterocycles. The molecule has 820 valence electrons. The lowest BCUT2D eigenvalue weighted by Crippen LogP contribution is -2.46. The molecule has 1 aliphatic rings. The highest BCUT2D eigenvalue weighted by molar-refractivity contribution is 5.99. The standard InChI is InChI=1S/C95H137N27O28/c1-45(2)36-64(117-84(140)61(26-30-72(98)126)112-81(137)58(18-11-33-104-94(100)101)111-88(144)67(41-73(99)127)115-79(135)55(96)39-50-43-106-56-16-9-7-14-53(50)56)86(142)119-68(38-49-21-23-52(124)24-22-49)92(148)122-35-13-20-70(122)90(146)113-63(28-32-75(130)131)85(141)118-66(40-51-44-107-57-17-10-8-15-54(51)57)89(145)121-77(48(6)123)91(147)114-62(27-31-74(128)129)80(136)108-47(5)78(134)109-60(25-29-71(97)125)83(139)110-59(19-12-34-105-95(102)103)82(138)116-65(37-46(3)4)87(143)120-69(93(149)150)42-76(132)133/h7-10,14-17,21-24,43-48,55,58-70,77,106-107,123-124H,11-13,18-20,25-42,96H2,1-6H3,(H2,97,125)(H2,98,126)(H2,99,127)(H,108,136)(H,109,134)(H,110,139)(H,111,144)(H,112,137)(H,113,146)(H,114,147)(H,115,135)(H,116,138)(H,117,140)(H,118,141)(H,119,142)(H,120,143)(H,121,145)(H,128,129)(H,130,131)(H,132,133)(H,149,150)(H4,100,101,104)(H4,102,103,105)/t47-,48+,55-,58-,59-,60-,61-,62-,63-,64-,65-,66-,67-,68-,69-,70-,77-/m0/s1. The first kappa shape index (κ1) is 122. The second-order valence-corrected chi connectivity index (χ2v) is 36.3. The van der Waals surface area contributed by atoms with E-state index in [1.165, 1.54) is 30.5 Å². The summed E-state index contributed by atoms with van der Waals surface area (Å²) in [5.74, 6) is -26.0. The number of nitrogens with zero attached hydrogens (tertiary/aromatic N) is 15. The molecule has 1 saturated heterocycles. The number of amides is 1. The predicted octanol–water partition coefficient (Wildman–Crippen LogP) is 8.12. The monoisotopic (exact) mass is 2100 g/mol. The summed E-state index contributed by atoms with van der Waals surface area (Å²) in [5.41, 5.74) is 20.0. The molecule has 3 heterocycles. The van der Waals surface area contributed by atoms with Crippen LogP contribution in [0.3, 0.4) is 0 Å². The maximum absolute atomic E-state index is 15.5. The number of phenols is 1. The molecular formula is C95H137N27O28. The Kier molecular flexibility index (Phi) is 48.7. The van der Waals surface area contributed by atoms with Crippen LogP contribution in [0.1, 0.15) is 174 Å². The van der Waals surface area contributed by atoms with Gasteiger partial charge >= 0.3 is 23.9 Å². The number of nitrogens with two attached hydrogens (primary N) is 3. The Labute approximate surface area is 859 Å². The molecule has 6 rings (SSSR count). The van der Waals surface area contributed by atoms with Crippen LogP contribution in [0.2, 0.25) is 0 Å². The summed E-state index contributed by atoms with van der Waals surface area (Å²) in [5, 5.41) is 302. The van der Waals surface area contributed by atoms with Gasteiger partial charge in [0.25, 0.3) is 0 Å². The lowest BCUT2D eigenvalue weighted by Gasteiger charge is -2.27. The van der Waals surface area contributed by atoms with Crippen molar-refractivity contribution in [2.24, 2.45) is 98.9 Å². The van der Waals surface area contributed by atoms with Crippen LogP contribution in [0, 0.1) is 38.9 Å². The number of carboxylic acid groups (broad SMARTS) is 4. The number of likely N-dealkylation sites (tertiary alicyclic amines) is 1. The summed E-state index contributed by atoms with van der Waals surface area (Å²) in [6.45, 7) is 8.61.